The number of piperidine rings is 1. The minimum Gasteiger partial charge on any atom is -0.497 e. The lowest BCUT2D eigenvalue weighted by Gasteiger charge is -2.54. The van der Waals surface area contributed by atoms with E-state index in [-0.39, 0.29) is 18.1 Å². The molecular formula is C24H24N4O2. The molecule has 1 aromatic heterocycles. The van der Waals surface area contributed by atoms with Crippen molar-refractivity contribution >= 4 is 11.7 Å². The van der Waals surface area contributed by atoms with Gasteiger partial charge in [0.05, 0.1) is 7.11 Å². The first-order valence-corrected chi connectivity index (χ1v) is 10.2. The van der Waals surface area contributed by atoms with Crippen LogP contribution in [-0.4, -0.2) is 48.2 Å². The molecule has 3 aliphatic rings. The lowest BCUT2D eigenvalue weighted by atomic mass is 9.74. The molecule has 2 aromatic carbocycles. The molecule has 6 nitrogen and oxygen atoms in total. The molecule has 1 unspecified atom stereocenters. The Morgan fingerprint density at radius 1 is 0.967 bits per heavy atom. The molecule has 6 heteroatoms. The smallest absolute Gasteiger partial charge is 0.321 e. The van der Waals surface area contributed by atoms with Crippen molar-refractivity contribution in [3.05, 3.63) is 78.6 Å². The van der Waals surface area contributed by atoms with Gasteiger partial charge < -0.3 is 20.3 Å². The van der Waals surface area contributed by atoms with Gasteiger partial charge in [0.2, 0.25) is 0 Å². The maximum absolute atomic E-state index is 12.7. The number of nitrogens with zero attached hydrogens (tertiary/aromatic N) is 2. The van der Waals surface area contributed by atoms with Crippen LogP contribution in [0.5, 0.6) is 5.75 Å². The highest BCUT2D eigenvalue weighted by Gasteiger charge is 2.48. The van der Waals surface area contributed by atoms with E-state index in [0.717, 1.165) is 11.4 Å². The van der Waals surface area contributed by atoms with Gasteiger partial charge in [-0.1, -0.05) is 24.3 Å². The van der Waals surface area contributed by atoms with Crippen molar-refractivity contribution in [1.29, 1.82) is 0 Å². The molecule has 0 spiro atoms. The molecule has 2 bridgehead atoms. The molecule has 6 rings (SSSR count). The number of nitrogens with one attached hydrogen (secondary N) is 2. The van der Waals surface area contributed by atoms with Gasteiger partial charge in [0.1, 0.15) is 5.75 Å². The molecular weight excluding hydrogens is 376 g/mol. The second kappa shape index (κ2) is 7.80. The molecule has 2 amide bonds. The van der Waals surface area contributed by atoms with Crippen LogP contribution < -0.4 is 15.4 Å². The first kappa shape index (κ1) is 18.6. The van der Waals surface area contributed by atoms with Gasteiger partial charge in [-0.05, 0) is 53.1 Å². The number of fused-ring (bicyclic) bond motifs is 2. The first-order valence-electron chi connectivity index (χ1n) is 10.2. The minimum absolute atomic E-state index is 0.0526. The molecule has 152 valence electrons. The van der Waals surface area contributed by atoms with Crippen molar-refractivity contribution in [3.8, 4) is 16.9 Å². The number of anilines is 1. The SMILES string of the molecule is COc1ccc(NC(=O)N2C[C@@H]3N[C@H](C2)C3c2ccc(-c3ccncc3)cc2)cc1. The van der Waals surface area contributed by atoms with Crippen LogP contribution in [0.3, 0.4) is 0 Å². The van der Waals surface area contributed by atoms with Crippen LogP contribution in [0, 0.1) is 0 Å². The van der Waals surface area contributed by atoms with Gasteiger partial charge >= 0.3 is 6.03 Å². The number of carbonyl (C=O) groups is 1. The van der Waals surface area contributed by atoms with Crippen LogP contribution in [0.2, 0.25) is 0 Å². The third kappa shape index (κ3) is 3.50. The molecule has 3 saturated heterocycles. The number of benzene rings is 2. The maximum atomic E-state index is 12.7. The van der Waals surface area contributed by atoms with E-state index in [1.807, 2.05) is 53.7 Å². The topological polar surface area (TPSA) is 66.5 Å². The Kier molecular flexibility index (Phi) is 4.85. The van der Waals surface area contributed by atoms with Crippen LogP contribution in [0.4, 0.5) is 10.5 Å². The molecule has 2 N–H and O–H groups in total. The average Bonchev–Trinajstić information content (AvgIpc) is 2.80. The predicted octanol–water partition coefficient (Wildman–Crippen LogP) is 3.73. The molecule has 0 radical (unpaired) electrons. The number of urea groups is 1. The van der Waals surface area contributed by atoms with Crippen LogP contribution >= 0.6 is 0 Å². The highest BCUT2D eigenvalue weighted by atomic mass is 16.5. The highest BCUT2D eigenvalue weighted by Crippen LogP contribution is 2.37. The Morgan fingerprint density at radius 3 is 2.23 bits per heavy atom. The molecule has 3 fully saturated rings. The number of piperazine rings is 1. The van der Waals surface area contributed by atoms with Gasteiger partial charge in [0.25, 0.3) is 0 Å². The van der Waals surface area contributed by atoms with Gasteiger partial charge in [-0.3, -0.25) is 4.98 Å². The summed E-state index contributed by atoms with van der Waals surface area (Å²) in [4.78, 5) is 18.7. The van der Waals surface area contributed by atoms with Crippen molar-refractivity contribution in [2.45, 2.75) is 18.0 Å². The zero-order valence-corrected chi connectivity index (χ0v) is 16.8. The summed E-state index contributed by atoms with van der Waals surface area (Å²) in [6.45, 7) is 1.41. The fraction of sp³-hybridized carbons (Fsp3) is 0.250. The van der Waals surface area contributed by atoms with E-state index in [4.69, 9.17) is 4.74 Å². The van der Waals surface area contributed by atoms with Crippen molar-refractivity contribution in [2.24, 2.45) is 0 Å². The Hall–Kier alpha value is -3.38. The van der Waals surface area contributed by atoms with E-state index in [1.54, 1.807) is 7.11 Å². The molecule has 3 aliphatic heterocycles. The molecule has 0 saturated carbocycles. The van der Waals surface area contributed by atoms with Crippen molar-refractivity contribution in [2.75, 3.05) is 25.5 Å². The van der Waals surface area contributed by atoms with Gasteiger partial charge in [0.15, 0.2) is 0 Å². The summed E-state index contributed by atoms with van der Waals surface area (Å²) in [6, 6.07) is 20.7. The molecule has 3 aromatic rings. The Labute approximate surface area is 175 Å². The largest absolute Gasteiger partial charge is 0.497 e. The van der Waals surface area contributed by atoms with E-state index >= 15 is 0 Å². The van der Waals surface area contributed by atoms with Gasteiger partial charge in [-0.2, -0.15) is 0 Å². The lowest BCUT2D eigenvalue weighted by Crippen LogP contribution is -2.72. The molecule has 4 heterocycles. The standard InChI is InChI=1S/C24H24N4O2/c1-30-20-8-6-19(7-9-20)26-24(29)28-14-21-23(22(15-28)27-21)18-4-2-16(3-5-18)17-10-12-25-13-11-17/h2-13,21-23,27H,14-15H2,1H3,(H,26,29)/t21-,22+,23?. The van der Waals surface area contributed by atoms with Crippen LogP contribution in [0.1, 0.15) is 11.5 Å². The Bertz CT molecular complexity index is 1010. The van der Waals surface area contributed by atoms with Crippen LogP contribution in [0.25, 0.3) is 11.1 Å². The van der Waals surface area contributed by atoms with Gasteiger partial charge in [-0.15, -0.1) is 0 Å². The monoisotopic (exact) mass is 400 g/mol. The van der Waals surface area contributed by atoms with Crippen LogP contribution in [0.15, 0.2) is 73.1 Å². The first-order chi connectivity index (χ1) is 14.7. The second-order valence-corrected chi connectivity index (χ2v) is 7.83. The summed E-state index contributed by atoms with van der Waals surface area (Å²) >= 11 is 0. The summed E-state index contributed by atoms with van der Waals surface area (Å²) in [6.07, 6.45) is 3.63. The number of rotatable bonds is 4. The summed E-state index contributed by atoms with van der Waals surface area (Å²) < 4.78 is 5.16. The summed E-state index contributed by atoms with van der Waals surface area (Å²) in [5.74, 6) is 1.22. The summed E-state index contributed by atoms with van der Waals surface area (Å²) in [5.41, 5.74) is 4.47. The van der Waals surface area contributed by atoms with Crippen molar-refractivity contribution in [1.82, 2.24) is 15.2 Å². The Balaban J connectivity index is 1.22. The second-order valence-electron chi connectivity index (χ2n) is 7.83. The van der Waals surface area contributed by atoms with E-state index in [0.29, 0.717) is 19.0 Å². The number of methoxy groups -OCH3 is 1. The van der Waals surface area contributed by atoms with Crippen molar-refractivity contribution < 1.29 is 9.53 Å². The summed E-state index contributed by atoms with van der Waals surface area (Å²) in [7, 11) is 1.63. The number of ether oxygens (including phenoxy) is 1. The third-order valence-corrected chi connectivity index (χ3v) is 6.07. The quantitative estimate of drug-likeness (QED) is 0.700. The fourth-order valence-electron chi connectivity index (χ4n) is 4.48. The molecule has 0 aliphatic carbocycles. The third-order valence-electron chi connectivity index (χ3n) is 6.07. The zero-order valence-electron chi connectivity index (χ0n) is 16.8. The zero-order chi connectivity index (χ0) is 20.5. The van der Waals surface area contributed by atoms with E-state index < -0.39 is 0 Å². The number of pyridine rings is 1. The maximum Gasteiger partial charge on any atom is 0.321 e. The molecule has 3 atom stereocenters. The number of carbonyl (C=O) groups excluding carboxylic acids is 1. The average molecular weight is 400 g/mol. The fourth-order valence-corrected chi connectivity index (χ4v) is 4.48. The van der Waals surface area contributed by atoms with Crippen molar-refractivity contribution in [3.63, 3.8) is 0 Å². The van der Waals surface area contributed by atoms with E-state index in [1.165, 1.54) is 16.7 Å². The predicted molar refractivity (Wildman–Crippen MR) is 117 cm³/mol. The normalized spacial score (nSPS) is 22.2. The number of amides is 2. The van der Waals surface area contributed by atoms with Gasteiger partial charge in [-0.25, -0.2) is 4.79 Å². The molecule has 30 heavy (non-hydrogen) atoms. The number of hydrogen-bond acceptors (Lipinski definition) is 4. The summed E-state index contributed by atoms with van der Waals surface area (Å²) in [5, 5.41) is 6.57. The van der Waals surface area contributed by atoms with E-state index in [9.17, 15) is 4.79 Å². The Morgan fingerprint density at radius 2 is 1.60 bits per heavy atom. The highest BCUT2D eigenvalue weighted by molar-refractivity contribution is 5.89. The number of hydrogen-bond donors (Lipinski definition) is 2. The van der Waals surface area contributed by atoms with Crippen LogP contribution in [-0.2, 0) is 0 Å². The lowest BCUT2D eigenvalue weighted by molar-refractivity contribution is 0.0759. The number of aromatic nitrogens is 1. The van der Waals surface area contributed by atoms with E-state index in [2.05, 4.69) is 39.9 Å². The van der Waals surface area contributed by atoms with Gasteiger partial charge in [0, 0.05) is 49.2 Å². The minimum atomic E-state index is -0.0526.